The minimum Gasteiger partial charge on any atom is -0.496 e. The maximum Gasteiger partial charge on any atom is 0.124 e. The van der Waals surface area contributed by atoms with E-state index in [-0.39, 0.29) is 6.04 Å². The van der Waals surface area contributed by atoms with E-state index in [1.807, 2.05) is 0 Å². The number of hydrogen-bond donors (Lipinski definition) is 1. The summed E-state index contributed by atoms with van der Waals surface area (Å²) in [5, 5.41) is 0. The second-order valence-electron chi connectivity index (χ2n) is 7.29. The van der Waals surface area contributed by atoms with Gasteiger partial charge in [0.25, 0.3) is 0 Å². The molecule has 3 saturated carbocycles. The fourth-order valence-electron chi connectivity index (χ4n) is 5.60. The van der Waals surface area contributed by atoms with Crippen LogP contribution in [0.2, 0.25) is 0 Å². The first-order chi connectivity index (χ1) is 9.61. The van der Waals surface area contributed by atoms with E-state index in [0.29, 0.717) is 0 Å². The first-order valence-corrected chi connectivity index (χ1v) is 8.02. The maximum atomic E-state index is 6.69. The van der Waals surface area contributed by atoms with Gasteiger partial charge in [0.15, 0.2) is 0 Å². The quantitative estimate of drug-likeness (QED) is 0.911. The molecular weight excluding hydrogens is 246 g/mol. The minimum absolute atomic E-state index is 0.170. The summed E-state index contributed by atoms with van der Waals surface area (Å²) >= 11 is 0. The van der Waals surface area contributed by atoms with E-state index in [0.717, 1.165) is 35.3 Å². The predicted octanol–water partition coefficient (Wildman–Crippen LogP) is 3.60. The summed E-state index contributed by atoms with van der Waals surface area (Å²) in [6.45, 7) is 4.30. The molecule has 0 heterocycles. The molecule has 2 N–H and O–H groups in total. The Bertz CT molecular complexity index is 537. The lowest BCUT2D eigenvalue weighted by atomic mass is 9.90. The Labute approximate surface area is 121 Å². The van der Waals surface area contributed by atoms with Crippen LogP contribution in [-0.4, -0.2) is 7.11 Å². The number of hydrogen-bond acceptors (Lipinski definition) is 2. The molecule has 108 valence electrons. The SMILES string of the molecule is COc1cc(C)cc(C)c1C(N)C1C2C3CCC(C3)C21. The Balaban J connectivity index is 1.66. The fraction of sp³-hybridized carbons (Fsp3) is 0.667. The van der Waals surface area contributed by atoms with Crippen molar-refractivity contribution in [2.45, 2.75) is 39.2 Å². The molecule has 3 fully saturated rings. The monoisotopic (exact) mass is 271 g/mol. The van der Waals surface area contributed by atoms with Crippen molar-refractivity contribution in [2.75, 3.05) is 7.11 Å². The highest BCUT2D eigenvalue weighted by Crippen LogP contribution is 2.72. The zero-order chi connectivity index (χ0) is 14.0. The van der Waals surface area contributed by atoms with Crippen molar-refractivity contribution in [3.8, 4) is 5.75 Å². The highest BCUT2D eigenvalue weighted by atomic mass is 16.5. The molecule has 2 heteroatoms. The number of fused-ring (bicyclic) bond motifs is 5. The highest BCUT2D eigenvalue weighted by Gasteiger charge is 2.66. The summed E-state index contributed by atoms with van der Waals surface area (Å²) in [4.78, 5) is 0. The van der Waals surface area contributed by atoms with Gasteiger partial charge in [-0.1, -0.05) is 6.07 Å². The topological polar surface area (TPSA) is 35.2 Å². The van der Waals surface area contributed by atoms with Crippen molar-refractivity contribution < 1.29 is 4.74 Å². The van der Waals surface area contributed by atoms with Crippen LogP contribution in [0.3, 0.4) is 0 Å². The van der Waals surface area contributed by atoms with Gasteiger partial charge in [0.1, 0.15) is 5.75 Å². The first-order valence-electron chi connectivity index (χ1n) is 8.02. The van der Waals surface area contributed by atoms with Gasteiger partial charge in [-0.3, -0.25) is 0 Å². The van der Waals surface area contributed by atoms with Crippen molar-refractivity contribution in [3.05, 3.63) is 28.8 Å². The lowest BCUT2D eigenvalue weighted by Gasteiger charge is -2.21. The summed E-state index contributed by atoms with van der Waals surface area (Å²) in [7, 11) is 1.77. The van der Waals surface area contributed by atoms with Crippen LogP contribution in [0.25, 0.3) is 0 Å². The van der Waals surface area contributed by atoms with E-state index in [2.05, 4.69) is 26.0 Å². The zero-order valence-electron chi connectivity index (χ0n) is 12.7. The first kappa shape index (κ1) is 12.7. The molecule has 0 aliphatic heterocycles. The normalized spacial score (nSPS) is 38.7. The summed E-state index contributed by atoms with van der Waals surface area (Å²) in [5.41, 5.74) is 10.5. The van der Waals surface area contributed by atoms with Crippen molar-refractivity contribution >= 4 is 0 Å². The molecule has 0 spiro atoms. The molecule has 1 aromatic carbocycles. The standard InChI is InChI=1S/C18H25NO/c1-9-6-10(2)14(13(7-9)20-3)18(19)17-15-11-4-5-12(8-11)16(15)17/h6-7,11-12,15-18H,4-5,8,19H2,1-3H3. The van der Waals surface area contributed by atoms with Crippen LogP contribution >= 0.6 is 0 Å². The molecular formula is C18H25NO. The molecule has 0 saturated heterocycles. The molecule has 2 bridgehead atoms. The van der Waals surface area contributed by atoms with Crippen molar-refractivity contribution in [3.63, 3.8) is 0 Å². The second kappa shape index (κ2) is 4.24. The fourth-order valence-corrected chi connectivity index (χ4v) is 5.60. The summed E-state index contributed by atoms with van der Waals surface area (Å²) in [6, 6.07) is 4.54. The average Bonchev–Trinajstić information content (AvgIpc) is 2.85. The van der Waals surface area contributed by atoms with E-state index >= 15 is 0 Å². The predicted molar refractivity (Wildman–Crippen MR) is 80.7 cm³/mol. The number of ether oxygens (including phenoxy) is 1. The van der Waals surface area contributed by atoms with Crippen molar-refractivity contribution in [1.82, 2.24) is 0 Å². The Morgan fingerprint density at radius 3 is 2.40 bits per heavy atom. The van der Waals surface area contributed by atoms with Crippen LogP contribution in [0.4, 0.5) is 0 Å². The van der Waals surface area contributed by atoms with Gasteiger partial charge in [0.05, 0.1) is 7.11 Å². The lowest BCUT2D eigenvalue weighted by Crippen LogP contribution is -2.19. The summed E-state index contributed by atoms with van der Waals surface area (Å²) in [6.07, 6.45) is 4.40. The summed E-state index contributed by atoms with van der Waals surface area (Å²) < 4.78 is 5.62. The van der Waals surface area contributed by atoms with Gasteiger partial charge in [-0.05, 0) is 79.9 Å². The zero-order valence-corrected chi connectivity index (χ0v) is 12.7. The minimum atomic E-state index is 0.170. The van der Waals surface area contributed by atoms with Gasteiger partial charge in [-0.25, -0.2) is 0 Å². The van der Waals surface area contributed by atoms with Gasteiger partial charge in [0.2, 0.25) is 0 Å². The molecule has 5 atom stereocenters. The molecule has 3 aliphatic rings. The molecule has 5 unspecified atom stereocenters. The van der Waals surface area contributed by atoms with Gasteiger partial charge in [0, 0.05) is 11.6 Å². The third-order valence-electron chi connectivity index (χ3n) is 6.26. The van der Waals surface area contributed by atoms with Crippen LogP contribution in [0, 0.1) is 43.4 Å². The average molecular weight is 271 g/mol. The van der Waals surface area contributed by atoms with E-state index in [4.69, 9.17) is 10.5 Å². The Hall–Kier alpha value is -1.02. The second-order valence-corrected chi connectivity index (χ2v) is 7.29. The molecule has 2 nitrogen and oxygen atoms in total. The third-order valence-corrected chi connectivity index (χ3v) is 6.26. The number of aryl methyl sites for hydroxylation is 2. The molecule has 0 aromatic heterocycles. The molecule has 4 rings (SSSR count). The maximum absolute atomic E-state index is 6.69. The van der Waals surface area contributed by atoms with Crippen LogP contribution in [0.15, 0.2) is 12.1 Å². The molecule has 0 radical (unpaired) electrons. The van der Waals surface area contributed by atoms with Gasteiger partial charge >= 0.3 is 0 Å². The number of nitrogens with two attached hydrogens (primary N) is 1. The van der Waals surface area contributed by atoms with E-state index < -0.39 is 0 Å². The van der Waals surface area contributed by atoms with Crippen LogP contribution in [0.1, 0.15) is 42.0 Å². The van der Waals surface area contributed by atoms with Crippen LogP contribution in [-0.2, 0) is 0 Å². The molecule has 3 aliphatic carbocycles. The Kier molecular flexibility index (Phi) is 2.69. The number of methoxy groups -OCH3 is 1. The smallest absolute Gasteiger partial charge is 0.124 e. The largest absolute Gasteiger partial charge is 0.496 e. The Morgan fingerprint density at radius 1 is 1.15 bits per heavy atom. The van der Waals surface area contributed by atoms with Gasteiger partial charge in [-0.15, -0.1) is 0 Å². The van der Waals surface area contributed by atoms with E-state index in [1.54, 1.807) is 7.11 Å². The number of rotatable bonds is 3. The Morgan fingerprint density at radius 2 is 1.80 bits per heavy atom. The number of benzene rings is 1. The highest BCUT2D eigenvalue weighted by molar-refractivity contribution is 5.46. The third kappa shape index (κ3) is 1.60. The van der Waals surface area contributed by atoms with E-state index in [9.17, 15) is 0 Å². The van der Waals surface area contributed by atoms with Crippen molar-refractivity contribution in [1.29, 1.82) is 0 Å². The van der Waals surface area contributed by atoms with Crippen LogP contribution in [0.5, 0.6) is 5.75 Å². The van der Waals surface area contributed by atoms with Crippen LogP contribution < -0.4 is 10.5 Å². The molecule has 20 heavy (non-hydrogen) atoms. The molecule has 1 aromatic rings. The molecule has 0 amide bonds. The van der Waals surface area contributed by atoms with E-state index in [1.165, 1.54) is 36.0 Å². The van der Waals surface area contributed by atoms with Gasteiger partial charge in [-0.2, -0.15) is 0 Å². The summed E-state index contributed by atoms with van der Waals surface area (Å²) in [5.74, 6) is 5.53. The van der Waals surface area contributed by atoms with Gasteiger partial charge < -0.3 is 10.5 Å². The lowest BCUT2D eigenvalue weighted by molar-refractivity contribution is 0.382. The van der Waals surface area contributed by atoms with Crippen molar-refractivity contribution in [2.24, 2.45) is 35.3 Å².